The molecule has 0 aliphatic heterocycles. The number of imidazole rings is 1. The lowest BCUT2D eigenvalue weighted by Crippen LogP contribution is -2.41. The van der Waals surface area contributed by atoms with Crippen LogP contribution in [0.3, 0.4) is 0 Å². The Morgan fingerprint density at radius 2 is 1.93 bits per heavy atom. The fraction of sp³-hybridized carbons (Fsp3) is 0.316. The van der Waals surface area contributed by atoms with Gasteiger partial charge in [0.05, 0.1) is 6.54 Å². The van der Waals surface area contributed by atoms with Gasteiger partial charge in [-0.15, -0.1) is 0 Å². The Kier molecular flexibility index (Phi) is 6.48. The molecule has 0 fully saturated rings. The van der Waals surface area contributed by atoms with Gasteiger partial charge in [0.15, 0.2) is 33.5 Å². The zero-order chi connectivity index (χ0) is 21.8. The lowest BCUT2D eigenvalue weighted by atomic mass is 10.3. The summed E-state index contributed by atoms with van der Waals surface area (Å²) in [5.41, 5.74) is 12.8. The number of ether oxygens (including phenoxy) is 1. The smallest absolute Gasteiger partial charge is 0.340 e. The monoisotopic (exact) mass is 432 g/mol. The Bertz CT molecular complexity index is 1110. The second kappa shape index (κ2) is 9.06. The zero-order valence-electron chi connectivity index (χ0n) is 16.7. The molecule has 30 heavy (non-hydrogen) atoms. The van der Waals surface area contributed by atoms with E-state index in [-0.39, 0.29) is 41.5 Å². The van der Waals surface area contributed by atoms with Crippen LogP contribution in [0.5, 0.6) is 0 Å². The summed E-state index contributed by atoms with van der Waals surface area (Å²) in [4.78, 5) is 33.2. The number of amides is 1. The van der Waals surface area contributed by atoms with E-state index in [0.29, 0.717) is 19.0 Å². The third-order valence-corrected chi connectivity index (χ3v) is 4.78. The van der Waals surface area contributed by atoms with Crippen molar-refractivity contribution in [3.63, 3.8) is 0 Å². The molecule has 2 heterocycles. The molecule has 0 aliphatic rings. The number of aryl methyl sites for hydroxylation is 1. The van der Waals surface area contributed by atoms with Gasteiger partial charge in [-0.25, -0.2) is 19.3 Å². The van der Waals surface area contributed by atoms with Gasteiger partial charge < -0.3 is 21.5 Å². The number of aromatic nitrogens is 4. The van der Waals surface area contributed by atoms with Crippen LogP contribution in [0.15, 0.2) is 24.3 Å². The summed E-state index contributed by atoms with van der Waals surface area (Å²) in [6, 6.07) is 7.50. The molecule has 0 radical (unpaired) electrons. The number of nitrogens with zero attached hydrogens (tertiary/aromatic N) is 4. The Balaban J connectivity index is 1.98. The predicted molar refractivity (Wildman–Crippen MR) is 112 cm³/mol. The summed E-state index contributed by atoms with van der Waals surface area (Å²) in [6.45, 7) is 4.75. The van der Waals surface area contributed by atoms with Gasteiger partial charge in [-0.05, 0) is 26.0 Å². The Labute approximate surface area is 177 Å². The minimum atomic E-state index is -0.585. The van der Waals surface area contributed by atoms with Crippen LogP contribution in [0.25, 0.3) is 11.0 Å². The fourth-order valence-corrected chi connectivity index (χ4v) is 3.32. The summed E-state index contributed by atoms with van der Waals surface area (Å²) < 4.78 is 8.81. The molecule has 158 valence electrons. The first kappa shape index (κ1) is 21.5. The van der Waals surface area contributed by atoms with Crippen LogP contribution in [0, 0.1) is 0 Å². The van der Waals surface area contributed by atoms with Crippen LogP contribution in [0.2, 0.25) is 5.15 Å². The summed E-state index contributed by atoms with van der Waals surface area (Å²) in [5, 5.41) is 2.62. The molecule has 0 unspecified atom stereocenters. The average molecular weight is 433 g/mol. The zero-order valence-corrected chi connectivity index (χ0v) is 17.4. The SMILES string of the molecule is CCOCC(=O)n1c(CNC(=O)c2nc(Cl)c(N)nc2N)[n+](CC)c2ccccc21. The average Bonchev–Trinajstić information content (AvgIpc) is 3.06. The van der Waals surface area contributed by atoms with E-state index in [0.717, 1.165) is 11.0 Å². The molecule has 0 atom stereocenters. The van der Waals surface area contributed by atoms with Gasteiger partial charge in [0.25, 0.3) is 11.7 Å². The van der Waals surface area contributed by atoms with E-state index in [4.69, 9.17) is 27.8 Å². The van der Waals surface area contributed by atoms with Gasteiger partial charge in [0.1, 0.15) is 13.2 Å². The van der Waals surface area contributed by atoms with Crippen molar-refractivity contribution in [2.24, 2.45) is 0 Å². The van der Waals surface area contributed by atoms with Crippen LogP contribution >= 0.6 is 11.6 Å². The third-order valence-electron chi connectivity index (χ3n) is 4.51. The first-order valence-corrected chi connectivity index (χ1v) is 9.76. The second-order valence-corrected chi connectivity index (χ2v) is 6.69. The van der Waals surface area contributed by atoms with Crippen LogP contribution in [-0.2, 0) is 17.8 Å². The standard InChI is InChI=1S/C19H22ClN7O3/c1-3-26-11-7-5-6-8-12(11)27(14(28)10-30-4-2)13(26)9-23-19(29)15-17(21)25-18(22)16(20)24-15/h5-8H,3-4,9-10H2,1-2H3,(H4-,21,22,23,25,29)/p+1. The molecule has 0 spiro atoms. The van der Waals surface area contributed by atoms with Gasteiger partial charge in [-0.1, -0.05) is 23.7 Å². The highest BCUT2D eigenvalue weighted by Crippen LogP contribution is 2.18. The molecule has 10 nitrogen and oxygen atoms in total. The number of anilines is 2. The highest BCUT2D eigenvalue weighted by molar-refractivity contribution is 6.31. The topological polar surface area (TPSA) is 142 Å². The van der Waals surface area contributed by atoms with Gasteiger partial charge in [0, 0.05) is 6.61 Å². The maximum absolute atomic E-state index is 12.9. The number of benzene rings is 1. The minimum absolute atomic E-state index is 0.0440. The lowest BCUT2D eigenvalue weighted by molar-refractivity contribution is -0.676. The number of carbonyl (C=O) groups excluding carboxylic acids is 2. The quantitative estimate of drug-likeness (QED) is 0.475. The molecule has 1 amide bonds. The predicted octanol–water partition coefficient (Wildman–Crippen LogP) is 1.16. The summed E-state index contributed by atoms with van der Waals surface area (Å²) in [7, 11) is 0. The first-order chi connectivity index (χ1) is 14.4. The number of para-hydroxylation sites is 2. The molecule has 3 rings (SSSR count). The van der Waals surface area contributed by atoms with Crippen LogP contribution < -0.4 is 21.4 Å². The number of nitrogens with one attached hydrogen (secondary N) is 1. The first-order valence-electron chi connectivity index (χ1n) is 9.38. The van der Waals surface area contributed by atoms with Gasteiger partial charge >= 0.3 is 5.91 Å². The Morgan fingerprint density at radius 1 is 1.20 bits per heavy atom. The molecular formula is C19H23ClN7O3+. The number of halogens is 1. The van der Waals surface area contributed by atoms with E-state index in [1.807, 2.05) is 42.7 Å². The van der Waals surface area contributed by atoms with E-state index >= 15 is 0 Å². The van der Waals surface area contributed by atoms with Gasteiger partial charge in [0.2, 0.25) is 0 Å². The van der Waals surface area contributed by atoms with E-state index in [2.05, 4.69) is 15.3 Å². The van der Waals surface area contributed by atoms with Crippen LogP contribution in [0.4, 0.5) is 11.6 Å². The maximum atomic E-state index is 12.9. The third kappa shape index (κ3) is 4.05. The van der Waals surface area contributed by atoms with Crippen molar-refractivity contribution in [2.45, 2.75) is 26.9 Å². The lowest BCUT2D eigenvalue weighted by Gasteiger charge is -2.08. The van der Waals surface area contributed by atoms with Crippen molar-refractivity contribution in [3.05, 3.63) is 40.9 Å². The largest absolute Gasteiger partial charge is 0.382 e. The Morgan fingerprint density at radius 3 is 2.63 bits per heavy atom. The van der Waals surface area contributed by atoms with Crippen molar-refractivity contribution >= 4 is 46.1 Å². The molecule has 0 bridgehead atoms. The highest BCUT2D eigenvalue weighted by atomic mass is 35.5. The minimum Gasteiger partial charge on any atom is -0.382 e. The second-order valence-electron chi connectivity index (χ2n) is 6.33. The summed E-state index contributed by atoms with van der Waals surface area (Å²) >= 11 is 5.86. The number of hydrogen-bond acceptors (Lipinski definition) is 7. The van der Waals surface area contributed by atoms with E-state index in [1.54, 1.807) is 4.57 Å². The van der Waals surface area contributed by atoms with Gasteiger partial charge in [-0.3, -0.25) is 4.79 Å². The van der Waals surface area contributed by atoms with Crippen LogP contribution in [-0.4, -0.2) is 39.6 Å². The number of fused-ring (bicyclic) bond motifs is 1. The molecule has 11 heteroatoms. The maximum Gasteiger partial charge on any atom is 0.340 e. The van der Waals surface area contributed by atoms with E-state index < -0.39 is 5.91 Å². The molecule has 5 N–H and O–H groups in total. The number of carbonyl (C=O) groups is 2. The summed E-state index contributed by atoms with van der Waals surface area (Å²) in [6.07, 6.45) is 0. The molecule has 0 saturated carbocycles. The molecule has 0 saturated heterocycles. The molecule has 1 aromatic carbocycles. The molecular weight excluding hydrogens is 410 g/mol. The summed E-state index contributed by atoms with van der Waals surface area (Å²) in [5.74, 6) is -0.426. The van der Waals surface area contributed by atoms with Gasteiger partial charge in [-0.2, -0.15) is 4.57 Å². The normalized spacial score (nSPS) is 11.0. The number of hydrogen-bond donors (Lipinski definition) is 3. The van der Waals surface area contributed by atoms with Crippen molar-refractivity contribution in [3.8, 4) is 0 Å². The molecule has 0 aliphatic carbocycles. The number of nitrogens with two attached hydrogens (primary N) is 2. The van der Waals surface area contributed by atoms with E-state index in [1.165, 1.54) is 0 Å². The number of rotatable bonds is 7. The van der Waals surface area contributed by atoms with Crippen molar-refractivity contribution < 1.29 is 18.9 Å². The van der Waals surface area contributed by atoms with Crippen molar-refractivity contribution in [1.29, 1.82) is 0 Å². The van der Waals surface area contributed by atoms with Crippen molar-refractivity contribution in [2.75, 3.05) is 24.7 Å². The van der Waals surface area contributed by atoms with Crippen LogP contribution in [0.1, 0.15) is 35.0 Å². The van der Waals surface area contributed by atoms with E-state index in [9.17, 15) is 9.59 Å². The highest BCUT2D eigenvalue weighted by Gasteiger charge is 2.29. The fourth-order valence-electron chi connectivity index (χ4n) is 3.19. The Hall–Kier alpha value is -3.24. The molecule has 2 aromatic heterocycles. The molecule has 3 aromatic rings. The number of nitrogen functional groups attached to an aromatic ring is 2. The van der Waals surface area contributed by atoms with Crippen molar-refractivity contribution in [1.82, 2.24) is 19.9 Å².